The van der Waals surface area contributed by atoms with Gasteiger partial charge in [-0.15, -0.1) is 0 Å². The Morgan fingerprint density at radius 1 is 1.37 bits per heavy atom. The summed E-state index contributed by atoms with van der Waals surface area (Å²) < 4.78 is 4.57. The summed E-state index contributed by atoms with van der Waals surface area (Å²) in [6, 6.07) is 0. The van der Waals surface area contributed by atoms with E-state index in [-0.39, 0.29) is 17.4 Å². The van der Waals surface area contributed by atoms with Crippen molar-refractivity contribution in [2.75, 3.05) is 0 Å². The van der Waals surface area contributed by atoms with Gasteiger partial charge in [0, 0.05) is 11.6 Å². The lowest BCUT2D eigenvalue weighted by Crippen LogP contribution is -2.24. The predicted molar refractivity (Wildman–Crippen MR) is 117 cm³/mol. The molecule has 30 heavy (non-hydrogen) atoms. The molecule has 1 heterocycles. The monoisotopic (exact) mass is 416 g/mol. The highest BCUT2D eigenvalue weighted by Gasteiger charge is 2.40. The molecule has 1 saturated carbocycles. The normalized spacial score (nSPS) is 28.3. The number of allylic oxidation sites excluding steroid dienone is 4. The van der Waals surface area contributed by atoms with E-state index in [0.29, 0.717) is 17.9 Å². The summed E-state index contributed by atoms with van der Waals surface area (Å²) in [5, 5.41) is 19.7. The summed E-state index contributed by atoms with van der Waals surface area (Å²) in [6.45, 7) is 10.9. The van der Waals surface area contributed by atoms with Gasteiger partial charge in [0.2, 0.25) is 6.29 Å². The molecular formula is C25H36O5. The van der Waals surface area contributed by atoms with Gasteiger partial charge in [0.25, 0.3) is 0 Å². The molecule has 5 heteroatoms. The van der Waals surface area contributed by atoms with Gasteiger partial charge < -0.3 is 14.9 Å². The number of esters is 1. The quantitative estimate of drug-likeness (QED) is 0.223. The molecule has 2 aliphatic rings. The van der Waals surface area contributed by atoms with Crippen LogP contribution in [0.5, 0.6) is 0 Å². The van der Waals surface area contributed by atoms with E-state index >= 15 is 0 Å². The average Bonchev–Trinajstić information content (AvgIpc) is 3.24. The number of aliphatic hydroxyl groups is 2. The third-order valence-electron chi connectivity index (χ3n) is 6.88. The Kier molecular flexibility index (Phi) is 8.80. The Morgan fingerprint density at radius 2 is 2.10 bits per heavy atom. The van der Waals surface area contributed by atoms with Crippen molar-refractivity contribution in [1.29, 1.82) is 0 Å². The van der Waals surface area contributed by atoms with Gasteiger partial charge in [0.1, 0.15) is 6.29 Å². The van der Waals surface area contributed by atoms with Crippen LogP contribution in [0.4, 0.5) is 0 Å². The number of ether oxygens (including phenoxy) is 1. The maximum Gasteiger partial charge on any atom is 0.333 e. The fourth-order valence-corrected chi connectivity index (χ4v) is 4.76. The molecule has 1 aliphatic carbocycles. The fourth-order valence-electron chi connectivity index (χ4n) is 4.76. The van der Waals surface area contributed by atoms with Crippen LogP contribution in [0, 0.1) is 11.3 Å². The third kappa shape index (κ3) is 6.02. The van der Waals surface area contributed by atoms with Crippen LogP contribution in [0.1, 0.15) is 72.1 Å². The van der Waals surface area contributed by atoms with Gasteiger partial charge in [-0.3, -0.25) is 4.79 Å². The van der Waals surface area contributed by atoms with Crippen LogP contribution >= 0.6 is 0 Å². The van der Waals surface area contributed by atoms with Crippen molar-refractivity contribution >= 4 is 12.3 Å². The second-order valence-corrected chi connectivity index (χ2v) is 8.90. The largest absolute Gasteiger partial charge is 0.429 e. The predicted octanol–water partition coefficient (Wildman–Crippen LogP) is 4.55. The summed E-state index contributed by atoms with van der Waals surface area (Å²) in [7, 11) is 0. The van der Waals surface area contributed by atoms with Crippen LogP contribution in [0.2, 0.25) is 0 Å². The van der Waals surface area contributed by atoms with E-state index in [4.69, 9.17) is 0 Å². The van der Waals surface area contributed by atoms with E-state index in [9.17, 15) is 19.8 Å². The number of rotatable bonds is 11. The van der Waals surface area contributed by atoms with Gasteiger partial charge >= 0.3 is 5.97 Å². The smallest absolute Gasteiger partial charge is 0.333 e. The first kappa shape index (κ1) is 24.3. The Labute approximate surface area is 180 Å². The molecule has 1 fully saturated rings. The van der Waals surface area contributed by atoms with Crippen molar-refractivity contribution in [1.82, 2.24) is 0 Å². The Balaban J connectivity index is 1.84. The summed E-state index contributed by atoms with van der Waals surface area (Å²) in [5.41, 5.74) is 3.63. The molecule has 0 amide bonds. The third-order valence-corrected chi connectivity index (χ3v) is 6.88. The number of aliphatic hydroxyl groups excluding tert-OH is 2. The van der Waals surface area contributed by atoms with Crippen molar-refractivity contribution in [2.24, 2.45) is 11.3 Å². The van der Waals surface area contributed by atoms with Crippen molar-refractivity contribution in [2.45, 2.75) is 84.5 Å². The molecule has 2 N–H and O–H groups in total. The number of aldehydes is 1. The standard InChI is InChI=1S/C25H36O5/c1-17(2)25(13-6-8-19(25)4)14-12-18(3)7-5-9-20(16-26)10-11-22(27)21-15-23(28)30-24(21)29/h7,10,15-16,19,22,24,27,29H,1,5-6,8-9,11-14H2,2-4H3/b18-7+,20-10+/t19-,22?,24?,25+/m1/s1. The van der Waals surface area contributed by atoms with E-state index in [1.807, 2.05) is 0 Å². The van der Waals surface area contributed by atoms with E-state index in [0.717, 1.165) is 31.6 Å². The number of carbonyl (C=O) groups is 2. The molecule has 2 rings (SSSR count). The molecular weight excluding hydrogens is 380 g/mol. The molecule has 5 nitrogen and oxygen atoms in total. The zero-order valence-corrected chi connectivity index (χ0v) is 18.5. The van der Waals surface area contributed by atoms with Crippen molar-refractivity contribution in [3.63, 3.8) is 0 Å². The number of cyclic esters (lactones) is 1. The van der Waals surface area contributed by atoms with E-state index in [1.165, 1.54) is 30.4 Å². The number of hydrogen-bond acceptors (Lipinski definition) is 5. The van der Waals surface area contributed by atoms with Crippen LogP contribution in [0.25, 0.3) is 0 Å². The van der Waals surface area contributed by atoms with Crippen molar-refractivity contribution < 1.29 is 24.5 Å². The van der Waals surface area contributed by atoms with Crippen LogP contribution in [-0.4, -0.2) is 34.9 Å². The molecule has 0 radical (unpaired) electrons. The molecule has 4 atom stereocenters. The second-order valence-electron chi connectivity index (χ2n) is 8.90. The Hall–Kier alpha value is -1.98. The van der Waals surface area contributed by atoms with Gasteiger partial charge in [-0.25, -0.2) is 4.79 Å². The fraction of sp³-hybridized carbons (Fsp3) is 0.600. The first-order valence-electron chi connectivity index (χ1n) is 10.9. The lowest BCUT2D eigenvalue weighted by Gasteiger charge is -2.35. The van der Waals surface area contributed by atoms with Gasteiger partial charge in [0.15, 0.2) is 0 Å². The van der Waals surface area contributed by atoms with Gasteiger partial charge in [0.05, 0.1) is 6.10 Å². The molecule has 0 spiro atoms. The highest BCUT2D eigenvalue weighted by atomic mass is 16.6. The lowest BCUT2D eigenvalue weighted by atomic mass is 9.70. The molecule has 0 aromatic carbocycles. The first-order chi connectivity index (χ1) is 14.2. The molecule has 2 unspecified atom stereocenters. The van der Waals surface area contributed by atoms with Crippen LogP contribution in [0.15, 0.2) is 47.1 Å². The average molecular weight is 417 g/mol. The molecule has 0 saturated heterocycles. The van der Waals surface area contributed by atoms with E-state index < -0.39 is 18.4 Å². The molecule has 0 bridgehead atoms. The maximum atomic E-state index is 11.4. The minimum atomic E-state index is -1.41. The second kappa shape index (κ2) is 10.9. The highest BCUT2D eigenvalue weighted by molar-refractivity contribution is 5.85. The van der Waals surface area contributed by atoms with Gasteiger partial charge in [-0.2, -0.15) is 0 Å². The summed E-state index contributed by atoms with van der Waals surface area (Å²) in [6.07, 6.45) is 10.8. The highest BCUT2D eigenvalue weighted by Crippen LogP contribution is 2.51. The number of carbonyl (C=O) groups excluding carboxylic acids is 2. The first-order valence-corrected chi connectivity index (χ1v) is 10.9. The van der Waals surface area contributed by atoms with Crippen LogP contribution in [0.3, 0.4) is 0 Å². The zero-order valence-electron chi connectivity index (χ0n) is 18.5. The molecule has 1 aliphatic heterocycles. The van der Waals surface area contributed by atoms with Crippen molar-refractivity contribution in [3.8, 4) is 0 Å². The van der Waals surface area contributed by atoms with Gasteiger partial charge in [-0.1, -0.05) is 43.2 Å². The topological polar surface area (TPSA) is 83.8 Å². The minimum Gasteiger partial charge on any atom is -0.429 e. The van der Waals surface area contributed by atoms with E-state index in [1.54, 1.807) is 6.08 Å². The molecule has 166 valence electrons. The minimum absolute atomic E-state index is 0.129. The summed E-state index contributed by atoms with van der Waals surface area (Å²) in [5.74, 6) is 0.0187. The van der Waals surface area contributed by atoms with Crippen LogP contribution < -0.4 is 0 Å². The maximum absolute atomic E-state index is 11.4. The number of hydrogen-bond donors (Lipinski definition) is 2. The SMILES string of the molecule is C=C(C)[C@@]1(CC/C(C)=C/CC/C(C=O)=C\CC(O)C2=CC(=O)OC2O)CCC[C@H]1C. The zero-order chi connectivity index (χ0) is 22.3. The van der Waals surface area contributed by atoms with E-state index in [2.05, 4.69) is 38.2 Å². The van der Waals surface area contributed by atoms with Crippen LogP contribution in [-0.2, 0) is 14.3 Å². The van der Waals surface area contributed by atoms with Gasteiger partial charge in [-0.05, 0) is 75.7 Å². The molecule has 0 aromatic heterocycles. The Bertz CT molecular complexity index is 745. The summed E-state index contributed by atoms with van der Waals surface area (Å²) >= 11 is 0. The Morgan fingerprint density at radius 3 is 2.63 bits per heavy atom. The van der Waals surface area contributed by atoms with Crippen molar-refractivity contribution in [3.05, 3.63) is 47.1 Å². The lowest BCUT2D eigenvalue weighted by molar-refractivity contribution is -0.151. The summed E-state index contributed by atoms with van der Waals surface area (Å²) in [4.78, 5) is 22.5. The molecule has 0 aromatic rings.